The molecule has 0 saturated carbocycles. The van der Waals surface area contributed by atoms with Crippen molar-refractivity contribution in [1.29, 1.82) is 0 Å². The van der Waals surface area contributed by atoms with Gasteiger partial charge in [0.25, 0.3) is 23.6 Å². The number of carboxylic acids is 2. The molecule has 2 aromatic carbocycles. The van der Waals surface area contributed by atoms with Crippen molar-refractivity contribution in [2.75, 3.05) is 13.2 Å². The Hall–Kier alpha value is -4.38. The zero-order valence-corrected chi connectivity index (χ0v) is 18.7. The van der Waals surface area contributed by atoms with Crippen molar-refractivity contribution in [3.63, 3.8) is 0 Å². The lowest BCUT2D eigenvalue weighted by molar-refractivity contribution is 0.0101. The van der Waals surface area contributed by atoms with E-state index in [1.165, 1.54) is 24.3 Å². The number of carboxylic acid groups (broad SMARTS) is 2. The van der Waals surface area contributed by atoms with Crippen LogP contribution < -0.4 is 0 Å². The molecule has 2 aliphatic heterocycles. The number of imide groups is 2. The molecule has 11 heteroatoms. The summed E-state index contributed by atoms with van der Waals surface area (Å²) in [7, 11) is 0. The number of amides is 4. The maximum atomic E-state index is 12.8. The lowest BCUT2D eigenvalue weighted by atomic mass is 10.1. The number of nitrogens with zero attached hydrogens (tertiary/aromatic N) is 2. The van der Waals surface area contributed by atoms with Crippen LogP contribution in [0.5, 0.6) is 0 Å². The second kappa shape index (κ2) is 8.76. The molecule has 4 rings (SSSR count). The summed E-state index contributed by atoms with van der Waals surface area (Å²) in [6, 6.07) is 6.70. The summed E-state index contributed by atoms with van der Waals surface area (Å²) in [5.41, 5.74) is -0.00950. The Morgan fingerprint density at radius 3 is 1.77 bits per heavy atom. The average molecular weight is 480 g/mol. The molecular formula is C24H20N2O9. The molecule has 2 unspecified atom stereocenters. The molecular weight excluding hydrogens is 460 g/mol. The van der Waals surface area contributed by atoms with Crippen LogP contribution >= 0.6 is 0 Å². The van der Waals surface area contributed by atoms with Crippen molar-refractivity contribution < 1.29 is 43.7 Å². The van der Waals surface area contributed by atoms with Crippen LogP contribution in [0.2, 0.25) is 0 Å². The Balaban J connectivity index is 1.39. The highest BCUT2D eigenvalue weighted by Crippen LogP contribution is 2.27. The molecule has 0 radical (unpaired) electrons. The Morgan fingerprint density at radius 1 is 0.771 bits per heavy atom. The lowest BCUT2D eigenvalue weighted by Gasteiger charge is -2.25. The smallest absolute Gasteiger partial charge is 0.335 e. The highest BCUT2D eigenvalue weighted by atomic mass is 16.5. The first-order valence-corrected chi connectivity index (χ1v) is 10.6. The summed E-state index contributed by atoms with van der Waals surface area (Å²) < 4.78 is 5.71. The highest BCUT2D eigenvalue weighted by molar-refractivity contribution is 6.22. The second-order valence-electron chi connectivity index (χ2n) is 8.33. The van der Waals surface area contributed by atoms with Gasteiger partial charge in [0.1, 0.15) is 0 Å². The summed E-state index contributed by atoms with van der Waals surface area (Å²) in [6.07, 6.45) is -0.660. The van der Waals surface area contributed by atoms with Crippen LogP contribution in [0, 0.1) is 0 Å². The van der Waals surface area contributed by atoms with Crippen LogP contribution in [-0.4, -0.2) is 80.9 Å². The monoisotopic (exact) mass is 480 g/mol. The third kappa shape index (κ3) is 4.06. The van der Waals surface area contributed by atoms with E-state index in [9.17, 15) is 28.8 Å². The Labute approximate surface area is 198 Å². The van der Waals surface area contributed by atoms with E-state index in [-0.39, 0.29) is 46.5 Å². The molecule has 0 aliphatic carbocycles. The maximum absolute atomic E-state index is 12.8. The summed E-state index contributed by atoms with van der Waals surface area (Å²) in [5.74, 6) is -4.84. The number of hydrogen-bond acceptors (Lipinski definition) is 7. The van der Waals surface area contributed by atoms with Crippen molar-refractivity contribution in [2.45, 2.75) is 26.0 Å². The van der Waals surface area contributed by atoms with Crippen LogP contribution in [0.4, 0.5) is 0 Å². The van der Waals surface area contributed by atoms with Crippen molar-refractivity contribution in [3.8, 4) is 0 Å². The van der Waals surface area contributed by atoms with E-state index < -0.39 is 47.7 Å². The van der Waals surface area contributed by atoms with Crippen LogP contribution in [0.15, 0.2) is 36.4 Å². The number of carbonyl (C=O) groups excluding carboxylic acids is 4. The summed E-state index contributed by atoms with van der Waals surface area (Å²) in [6.45, 7) is 2.98. The minimum atomic E-state index is -1.22. The third-order valence-electron chi connectivity index (χ3n) is 5.88. The van der Waals surface area contributed by atoms with Gasteiger partial charge < -0.3 is 14.9 Å². The number of hydrogen-bond donors (Lipinski definition) is 2. The highest BCUT2D eigenvalue weighted by Gasteiger charge is 2.40. The third-order valence-corrected chi connectivity index (χ3v) is 5.88. The SMILES string of the molecule is CC(CN1C(=O)c2ccc(C(=O)O)cc2C1=O)OCC(C)N1C(=O)c2ccc(C(=O)O)cc2C1=O. The molecule has 11 nitrogen and oxygen atoms in total. The molecule has 0 saturated heterocycles. The molecule has 2 aliphatic rings. The van der Waals surface area contributed by atoms with Crippen molar-refractivity contribution in [3.05, 3.63) is 69.8 Å². The summed E-state index contributed by atoms with van der Waals surface area (Å²) in [5, 5.41) is 18.2. The second-order valence-corrected chi connectivity index (χ2v) is 8.33. The van der Waals surface area contributed by atoms with Gasteiger partial charge in [-0.3, -0.25) is 29.0 Å². The number of rotatable bonds is 8. The van der Waals surface area contributed by atoms with Gasteiger partial charge in [0.15, 0.2) is 0 Å². The number of carbonyl (C=O) groups is 6. The molecule has 0 aromatic heterocycles. The van der Waals surface area contributed by atoms with E-state index in [1.54, 1.807) is 13.8 Å². The first-order valence-electron chi connectivity index (χ1n) is 10.6. The van der Waals surface area contributed by atoms with Gasteiger partial charge in [-0.1, -0.05) is 0 Å². The Morgan fingerprint density at radius 2 is 1.23 bits per heavy atom. The van der Waals surface area contributed by atoms with Gasteiger partial charge in [0, 0.05) is 0 Å². The number of aromatic carboxylic acids is 2. The van der Waals surface area contributed by atoms with E-state index >= 15 is 0 Å². The molecule has 0 spiro atoms. The minimum Gasteiger partial charge on any atom is -0.478 e. The fraction of sp³-hybridized carbons (Fsp3) is 0.250. The molecule has 35 heavy (non-hydrogen) atoms. The van der Waals surface area contributed by atoms with Gasteiger partial charge >= 0.3 is 11.9 Å². The standard InChI is InChI=1S/C24H20N2O9/c1-11(26-21(29)16-6-4-14(24(33)34)8-18(16)22(26)30)10-35-12(2)9-25-19(27)15-5-3-13(23(31)32)7-17(15)20(25)28/h3-8,11-12H,9-10H2,1-2H3,(H,31,32)(H,33,34). The number of ether oxygens (including phenoxy) is 1. The fourth-order valence-electron chi connectivity index (χ4n) is 4.07. The molecule has 0 fully saturated rings. The van der Waals surface area contributed by atoms with Gasteiger partial charge in [0.2, 0.25) is 0 Å². The van der Waals surface area contributed by atoms with Gasteiger partial charge in [-0.2, -0.15) is 0 Å². The molecule has 2 atom stereocenters. The Bertz CT molecular complexity index is 1320. The fourth-order valence-corrected chi connectivity index (χ4v) is 4.07. The Kier molecular flexibility index (Phi) is 5.95. The molecule has 180 valence electrons. The van der Waals surface area contributed by atoms with Crippen molar-refractivity contribution >= 4 is 35.6 Å². The van der Waals surface area contributed by atoms with Gasteiger partial charge in [0.05, 0.1) is 58.7 Å². The predicted octanol–water partition coefficient (Wildman–Crippen LogP) is 1.77. The van der Waals surface area contributed by atoms with Crippen LogP contribution in [0.25, 0.3) is 0 Å². The largest absolute Gasteiger partial charge is 0.478 e. The molecule has 2 aromatic rings. The van der Waals surface area contributed by atoms with Gasteiger partial charge in [-0.25, -0.2) is 9.59 Å². The molecule has 2 heterocycles. The minimum absolute atomic E-state index is 0.00144. The summed E-state index contributed by atoms with van der Waals surface area (Å²) >= 11 is 0. The lowest BCUT2D eigenvalue weighted by Crippen LogP contribution is -2.43. The molecule has 4 amide bonds. The molecule has 2 N–H and O–H groups in total. The van der Waals surface area contributed by atoms with Crippen LogP contribution in [0.1, 0.15) is 76.0 Å². The number of benzene rings is 2. The van der Waals surface area contributed by atoms with E-state index in [2.05, 4.69) is 0 Å². The zero-order valence-electron chi connectivity index (χ0n) is 18.7. The van der Waals surface area contributed by atoms with E-state index in [4.69, 9.17) is 14.9 Å². The summed E-state index contributed by atoms with van der Waals surface area (Å²) in [4.78, 5) is 75.0. The van der Waals surface area contributed by atoms with Crippen LogP contribution in [0.3, 0.4) is 0 Å². The van der Waals surface area contributed by atoms with E-state index in [0.717, 1.165) is 21.9 Å². The maximum Gasteiger partial charge on any atom is 0.335 e. The normalized spacial score (nSPS) is 16.4. The first kappa shape index (κ1) is 23.8. The van der Waals surface area contributed by atoms with Crippen molar-refractivity contribution in [1.82, 2.24) is 9.80 Å². The predicted molar refractivity (Wildman–Crippen MR) is 118 cm³/mol. The van der Waals surface area contributed by atoms with Gasteiger partial charge in [-0.05, 0) is 50.2 Å². The zero-order chi connectivity index (χ0) is 25.6. The average Bonchev–Trinajstić information content (AvgIpc) is 3.21. The quantitative estimate of drug-likeness (QED) is 0.537. The van der Waals surface area contributed by atoms with Crippen molar-refractivity contribution in [2.24, 2.45) is 0 Å². The van der Waals surface area contributed by atoms with E-state index in [0.29, 0.717) is 0 Å². The first-order chi connectivity index (χ1) is 16.5. The van der Waals surface area contributed by atoms with Gasteiger partial charge in [-0.15, -0.1) is 0 Å². The topological polar surface area (TPSA) is 159 Å². The number of fused-ring (bicyclic) bond motifs is 2. The molecule has 0 bridgehead atoms. The van der Waals surface area contributed by atoms with Crippen LogP contribution in [-0.2, 0) is 4.74 Å². The van der Waals surface area contributed by atoms with E-state index in [1.807, 2.05) is 0 Å².